The lowest BCUT2D eigenvalue weighted by atomic mass is 10.0. The van der Waals surface area contributed by atoms with Gasteiger partial charge >= 0.3 is 0 Å². The molecule has 8 heteroatoms. The SMILES string of the molecule is CCCCC[C@@H](CN(O)C=O)C(=O)NNc1nc(C)cc(C)n1. The average molecular weight is 323 g/mol. The van der Waals surface area contributed by atoms with Crippen molar-refractivity contribution in [2.75, 3.05) is 12.0 Å². The van der Waals surface area contributed by atoms with Crippen molar-refractivity contribution < 1.29 is 14.8 Å². The maximum absolute atomic E-state index is 12.2. The summed E-state index contributed by atoms with van der Waals surface area (Å²) in [6.07, 6.45) is 3.74. The highest BCUT2D eigenvalue weighted by molar-refractivity contribution is 5.80. The van der Waals surface area contributed by atoms with Crippen LogP contribution >= 0.6 is 0 Å². The lowest BCUT2D eigenvalue weighted by Crippen LogP contribution is -2.40. The van der Waals surface area contributed by atoms with Crippen LogP contribution in [0.3, 0.4) is 0 Å². The number of hydrazine groups is 1. The molecule has 1 aromatic heterocycles. The lowest BCUT2D eigenvalue weighted by Gasteiger charge is -2.19. The van der Waals surface area contributed by atoms with Crippen LogP contribution < -0.4 is 10.9 Å². The van der Waals surface area contributed by atoms with Gasteiger partial charge in [-0.1, -0.05) is 26.2 Å². The number of carbonyl (C=O) groups excluding carboxylic acids is 2. The fourth-order valence-corrected chi connectivity index (χ4v) is 2.22. The first-order valence-electron chi connectivity index (χ1n) is 7.75. The largest absolute Gasteiger partial charge is 0.286 e. The highest BCUT2D eigenvalue weighted by Crippen LogP contribution is 2.11. The van der Waals surface area contributed by atoms with Gasteiger partial charge in [-0.25, -0.2) is 15.0 Å². The van der Waals surface area contributed by atoms with E-state index in [4.69, 9.17) is 0 Å². The number of carbonyl (C=O) groups is 2. The average Bonchev–Trinajstić information content (AvgIpc) is 2.50. The van der Waals surface area contributed by atoms with E-state index in [1.807, 2.05) is 19.9 Å². The van der Waals surface area contributed by atoms with Crippen LogP contribution in [0.15, 0.2) is 6.07 Å². The number of nitrogens with zero attached hydrogens (tertiary/aromatic N) is 3. The quantitative estimate of drug-likeness (QED) is 0.261. The molecule has 0 unspecified atom stereocenters. The number of nitrogens with one attached hydrogen (secondary N) is 2. The summed E-state index contributed by atoms with van der Waals surface area (Å²) in [7, 11) is 0. The molecule has 0 saturated heterocycles. The summed E-state index contributed by atoms with van der Waals surface area (Å²) < 4.78 is 0. The summed E-state index contributed by atoms with van der Waals surface area (Å²) in [5, 5.41) is 9.82. The number of rotatable bonds is 10. The Hall–Kier alpha value is -2.22. The third-order valence-electron chi connectivity index (χ3n) is 3.34. The second kappa shape index (κ2) is 9.73. The maximum Gasteiger partial charge on any atom is 0.243 e. The fourth-order valence-electron chi connectivity index (χ4n) is 2.22. The summed E-state index contributed by atoms with van der Waals surface area (Å²) in [6.45, 7) is 5.69. The molecule has 0 aliphatic heterocycles. The molecule has 0 aromatic carbocycles. The van der Waals surface area contributed by atoms with E-state index >= 15 is 0 Å². The van der Waals surface area contributed by atoms with Crippen LogP contribution in [-0.2, 0) is 9.59 Å². The number of anilines is 1. The van der Waals surface area contributed by atoms with Gasteiger partial charge < -0.3 is 0 Å². The molecule has 0 aliphatic rings. The summed E-state index contributed by atoms with van der Waals surface area (Å²) >= 11 is 0. The zero-order valence-corrected chi connectivity index (χ0v) is 13.9. The van der Waals surface area contributed by atoms with Crippen LogP contribution in [0.2, 0.25) is 0 Å². The van der Waals surface area contributed by atoms with Gasteiger partial charge in [0, 0.05) is 11.4 Å². The minimum atomic E-state index is -0.504. The fraction of sp³-hybridized carbons (Fsp3) is 0.600. The molecule has 0 spiro atoms. The van der Waals surface area contributed by atoms with Gasteiger partial charge in [-0.15, -0.1) is 0 Å². The first kappa shape index (κ1) is 18.8. The Balaban J connectivity index is 2.61. The Kier molecular flexibility index (Phi) is 7.96. The maximum atomic E-state index is 12.2. The van der Waals surface area contributed by atoms with Crippen molar-refractivity contribution in [1.29, 1.82) is 0 Å². The molecule has 0 saturated carbocycles. The van der Waals surface area contributed by atoms with Gasteiger partial charge in [0.25, 0.3) is 0 Å². The van der Waals surface area contributed by atoms with Crippen molar-refractivity contribution in [1.82, 2.24) is 20.5 Å². The monoisotopic (exact) mass is 323 g/mol. The van der Waals surface area contributed by atoms with E-state index in [1.54, 1.807) is 0 Å². The Morgan fingerprint density at radius 3 is 2.57 bits per heavy atom. The highest BCUT2D eigenvalue weighted by Gasteiger charge is 2.20. The molecule has 2 amide bonds. The van der Waals surface area contributed by atoms with Crippen LogP contribution in [0.4, 0.5) is 5.95 Å². The zero-order valence-electron chi connectivity index (χ0n) is 13.9. The van der Waals surface area contributed by atoms with Gasteiger partial charge in [-0.2, -0.15) is 0 Å². The van der Waals surface area contributed by atoms with Crippen molar-refractivity contribution in [3.63, 3.8) is 0 Å². The minimum absolute atomic E-state index is 0.0472. The molecule has 1 heterocycles. The predicted molar refractivity (Wildman–Crippen MR) is 85.5 cm³/mol. The van der Waals surface area contributed by atoms with E-state index in [1.165, 1.54) is 0 Å². The van der Waals surface area contributed by atoms with Crippen LogP contribution in [0.1, 0.15) is 44.0 Å². The molecule has 0 fully saturated rings. The van der Waals surface area contributed by atoms with Crippen LogP contribution in [0, 0.1) is 19.8 Å². The summed E-state index contributed by atoms with van der Waals surface area (Å²) in [6, 6.07) is 1.83. The van der Waals surface area contributed by atoms with E-state index in [9.17, 15) is 14.8 Å². The molecule has 0 aliphatic carbocycles. The van der Waals surface area contributed by atoms with E-state index < -0.39 is 5.92 Å². The summed E-state index contributed by atoms with van der Waals surface area (Å²) in [4.78, 5) is 31.1. The topological polar surface area (TPSA) is 107 Å². The number of hydrogen-bond donors (Lipinski definition) is 3. The van der Waals surface area contributed by atoms with Crippen molar-refractivity contribution in [2.24, 2.45) is 5.92 Å². The van der Waals surface area contributed by atoms with Gasteiger partial charge in [0.15, 0.2) is 0 Å². The smallest absolute Gasteiger partial charge is 0.243 e. The minimum Gasteiger partial charge on any atom is -0.286 e. The molecular weight excluding hydrogens is 298 g/mol. The molecule has 3 N–H and O–H groups in total. The molecule has 23 heavy (non-hydrogen) atoms. The predicted octanol–water partition coefficient (Wildman–Crippen LogP) is 1.58. The second-order valence-electron chi connectivity index (χ2n) is 5.51. The molecule has 0 bridgehead atoms. The standard InChI is InChI=1S/C15H25N5O3/c1-4-5-6-7-13(9-20(23)10-21)14(22)18-19-15-16-11(2)8-12(3)17-15/h8,10,13,23H,4-7,9H2,1-3H3,(H,18,22)(H,16,17,19)/t13-/m0/s1. The molecule has 8 nitrogen and oxygen atoms in total. The van der Waals surface area contributed by atoms with Gasteiger partial charge in [0.05, 0.1) is 12.5 Å². The molecular formula is C15H25N5O3. The highest BCUT2D eigenvalue weighted by atomic mass is 16.5. The first-order chi connectivity index (χ1) is 11.0. The van der Waals surface area contributed by atoms with Crippen molar-refractivity contribution >= 4 is 18.3 Å². The van der Waals surface area contributed by atoms with Gasteiger partial charge in [0.1, 0.15) is 0 Å². The molecule has 0 radical (unpaired) electrons. The molecule has 1 atom stereocenters. The first-order valence-corrected chi connectivity index (χ1v) is 7.75. The summed E-state index contributed by atoms with van der Waals surface area (Å²) in [5.74, 6) is -0.515. The zero-order chi connectivity index (χ0) is 17.2. The molecule has 1 rings (SSSR count). The molecule has 1 aromatic rings. The van der Waals surface area contributed by atoms with Crippen molar-refractivity contribution in [3.8, 4) is 0 Å². The number of aromatic nitrogens is 2. The molecule has 128 valence electrons. The van der Waals surface area contributed by atoms with E-state index in [0.29, 0.717) is 23.8 Å². The van der Waals surface area contributed by atoms with Crippen LogP contribution in [-0.4, -0.2) is 39.1 Å². The Labute approximate surface area is 136 Å². The van der Waals surface area contributed by atoms with Crippen LogP contribution in [0.25, 0.3) is 0 Å². The third kappa shape index (κ3) is 7.05. The second-order valence-corrected chi connectivity index (χ2v) is 5.51. The number of aryl methyl sites for hydroxylation is 2. The van der Waals surface area contributed by atoms with Crippen LogP contribution in [0.5, 0.6) is 0 Å². The Morgan fingerprint density at radius 2 is 2.00 bits per heavy atom. The lowest BCUT2D eigenvalue weighted by molar-refractivity contribution is -0.154. The number of unbranched alkanes of at least 4 members (excludes halogenated alkanes) is 2. The Bertz CT molecular complexity index is 504. The van der Waals surface area contributed by atoms with E-state index in [0.717, 1.165) is 30.7 Å². The van der Waals surface area contributed by atoms with E-state index in [-0.39, 0.29) is 12.5 Å². The van der Waals surface area contributed by atoms with Crippen molar-refractivity contribution in [2.45, 2.75) is 46.5 Å². The normalized spacial score (nSPS) is 11.7. The third-order valence-corrected chi connectivity index (χ3v) is 3.34. The number of amides is 2. The number of hydroxylamine groups is 2. The number of hydrogen-bond acceptors (Lipinski definition) is 6. The van der Waals surface area contributed by atoms with Crippen molar-refractivity contribution in [3.05, 3.63) is 17.5 Å². The van der Waals surface area contributed by atoms with Gasteiger partial charge in [-0.3, -0.25) is 25.6 Å². The summed E-state index contributed by atoms with van der Waals surface area (Å²) in [5.41, 5.74) is 6.80. The Morgan fingerprint density at radius 1 is 1.35 bits per heavy atom. The van der Waals surface area contributed by atoms with E-state index in [2.05, 4.69) is 27.7 Å². The van der Waals surface area contributed by atoms with Gasteiger partial charge in [-0.05, 0) is 26.3 Å². The van der Waals surface area contributed by atoms with Gasteiger partial charge in [0.2, 0.25) is 18.3 Å².